The van der Waals surface area contributed by atoms with E-state index in [-0.39, 0.29) is 17.9 Å². The molecule has 8 heteroatoms. The average molecular weight is 357 g/mol. The molecule has 0 unspecified atom stereocenters. The molecule has 0 radical (unpaired) electrons. The normalized spacial score (nSPS) is 10.5. The summed E-state index contributed by atoms with van der Waals surface area (Å²) in [4.78, 5) is 27.3. The standard InChI is InChI=1S/C18H19N3O5/c1-2-11-25-17-10-6-4-8-15(17)20-18(22)13-26-19-12-14-7-3-5-9-16(14)21(23)24/h3-10,12H,2,11,13H2,1H3,(H,20,22)/b19-12+. The van der Waals surface area contributed by atoms with Gasteiger partial charge in [-0.1, -0.05) is 36.3 Å². The van der Waals surface area contributed by atoms with Gasteiger partial charge in [0, 0.05) is 6.07 Å². The number of carbonyl (C=O) groups is 1. The molecule has 1 amide bonds. The van der Waals surface area contributed by atoms with Gasteiger partial charge in [-0.25, -0.2) is 0 Å². The number of amides is 1. The highest BCUT2D eigenvalue weighted by Crippen LogP contribution is 2.23. The first-order chi connectivity index (χ1) is 12.6. The lowest BCUT2D eigenvalue weighted by Crippen LogP contribution is -2.17. The van der Waals surface area contributed by atoms with Crippen LogP contribution in [0.5, 0.6) is 5.75 Å². The number of hydrogen-bond acceptors (Lipinski definition) is 6. The molecule has 0 heterocycles. The number of nitrogens with zero attached hydrogens (tertiary/aromatic N) is 2. The third-order valence-electron chi connectivity index (χ3n) is 3.22. The van der Waals surface area contributed by atoms with E-state index in [4.69, 9.17) is 9.57 Å². The molecule has 0 aliphatic carbocycles. The molecule has 2 aromatic rings. The predicted molar refractivity (Wildman–Crippen MR) is 97.5 cm³/mol. The summed E-state index contributed by atoms with van der Waals surface area (Å²) in [6, 6.07) is 13.2. The summed E-state index contributed by atoms with van der Waals surface area (Å²) in [6.07, 6.45) is 2.05. The second kappa shape index (κ2) is 9.77. The van der Waals surface area contributed by atoms with Crippen molar-refractivity contribution in [3.05, 3.63) is 64.2 Å². The van der Waals surface area contributed by atoms with Crippen molar-refractivity contribution in [3.8, 4) is 5.75 Å². The molecule has 1 N–H and O–H groups in total. The Bertz CT molecular complexity index is 792. The van der Waals surface area contributed by atoms with Crippen LogP contribution in [-0.2, 0) is 9.63 Å². The van der Waals surface area contributed by atoms with Crippen LogP contribution in [0.3, 0.4) is 0 Å². The minimum Gasteiger partial charge on any atom is -0.491 e. The lowest BCUT2D eigenvalue weighted by molar-refractivity contribution is -0.385. The van der Waals surface area contributed by atoms with E-state index in [0.29, 0.717) is 18.0 Å². The molecule has 2 rings (SSSR count). The lowest BCUT2D eigenvalue weighted by Gasteiger charge is -2.11. The number of ether oxygens (including phenoxy) is 1. The second-order valence-electron chi connectivity index (χ2n) is 5.22. The summed E-state index contributed by atoms with van der Waals surface area (Å²) in [7, 11) is 0. The Morgan fingerprint density at radius 3 is 2.73 bits per heavy atom. The maximum atomic E-state index is 12.0. The highest BCUT2D eigenvalue weighted by atomic mass is 16.6. The Balaban J connectivity index is 1.89. The molecule has 0 fully saturated rings. The van der Waals surface area contributed by atoms with Crippen LogP contribution in [0.2, 0.25) is 0 Å². The van der Waals surface area contributed by atoms with Crippen molar-refractivity contribution in [2.45, 2.75) is 13.3 Å². The zero-order valence-electron chi connectivity index (χ0n) is 14.3. The molecule has 0 aliphatic rings. The summed E-state index contributed by atoms with van der Waals surface area (Å²) in [5.74, 6) is 0.156. The number of carbonyl (C=O) groups excluding carboxylic acids is 1. The Labute approximate surface area is 150 Å². The lowest BCUT2D eigenvalue weighted by atomic mass is 10.2. The molecule has 0 aliphatic heterocycles. The molecule has 0 saturated carbocycles. The van der Waals surface area contributed by atoms with Crippen molar-refractivity contribution in [2.75, 3.05) is 18.5 Å². The number of para-hydroxylation sites is 3. The topological polar surface area (TPSA) is 103 Å². The van der Waals surface area contributed by atoms with E-state index in [0.717, 1.165) is 6.42 Å². The molecule has 0 aromatic heterocycles. The second-order valence-corrected chi connectivity index (χ2v) is 5.22. The average Bonchev–Trinajstić information content (AvgIpc) is 2.64. The van der Waals surface area contributed by atoms with Gasteiger partial charge < -0.3 is 14.9 Å². The number of nitrogens with one attached hydrogen (secondary N) is 1. The van der Waals surface area contributed by atoms with E-state index >= 15 is 0 Å². The maximum absolute atomic E-state index is 12.0. The molecule has 136 valence electrons. The molecule has 0 saturated heterocycles. The molecule has 2 aromatic carbocycles. The summed E-state index contributed by atoms with van der Waals surface area (Å²) >= 11 is 0. The third kappa shape index (κ3) is 5.59. The van der Waals surface area contributed by atoms with Gasteiger partial charge in [-0.3, -0.25) is 14.9 Å². The van der Waals surface area contributed by atoms with E-state index in [1.807, 2.05) is 13.0 Å². The fraction of sp³-hybridized carbons (Fsp3) is 0.222. The SMILES string of the molecule is CCCOc1ccccc1NC(=O)CO/N=C/c1ccccc1[N+](=O)[O-]. The van der Waals surface area contributed by atoms with Crippen LogP contribution in [0.25, 0.3) is 0 Å². The molecular weight excluding hydrogens is 338 g/mol. The summed E-state index contributed by atoms with van der Waals surface area (Å²) in [5.41, 5.74) is 0.736. The van der Waals surface area contributed by atoms with E-state index in [2.05, 4.69) is 10.5 Å². The van der Waals surface area contributed by atoms with Crippen molar-refractivity contribution in [1.82, 2.24) is 0 Å². The number of rotatable bonds is 9. The minimum atomic E-state index is -0.513. The van der Waals surface area contributed by atoms with Crippen molar-refractivity contribution in [1.29, 1.82) is 0 Å². The Kier molecular flexibility index (Phi) is 7.11. The summed E-state index contributed by atoms with van der Waals surface area (Å²) in [6.45, 7) is 2.20. The third-order valence-corrected chi connectivity index (χ3v) is 3.22. The zero-order valence-corrected chi connectivity index (χ0v) is 14.3. The molecular formula is C18H19N3O5. The predicted octanol–water partition coefficient (Wildman–Crippen LogP) is 3.37. The van der Waals surface area contributed by atoms with E-state index in [9.17, 15) is 14.9 Å². The maximum Gasteiger partial charge on any atom is 0.278 e. The highest BCUT2D eigenvalue weighted by Gasteiger charge is 2.11. The zero-order chi connectivity index (χ0) is 18.8. The monoisotopic (exact) mass is 357 g/mol. The van der Waals surface area contributed by atoms with Gasteiger partial charge in [0.15, 0.2) is 6.61 Å². The molecule has 0 atom stereocenters. The fourth-order valence-corrected chi connectivity index (χ4v) is 2.05. The van der Waals surface area contributed by atoms with E-state index in [1.54, 1.807) is 30.3 Å². The van der Waals surface area contributed by atoms with Crippen LogP contribution in [-0.4, -0.2) is 30.3 Å². The van der Waals surface area contributed by atoms with Crippen LogP contribution in [0.4, 0.5) is 11.4 Å². The molecule has 8 nitrogen and oxygen atoms in total. The van der Waals surface area contributed by atoms with Gasteiger partial charge >= 0.3 is 0 Å². The van der Waals surface area contributed by atoms with Gasteiger partial charge in [-0.05, 0) is 24.6 Å². The van der Waals surface area contributed by atoms with E-state index in [1.165, 1.54) is 18.3 Å². The van der Waals surface area contributed by atoms with Gasteiger partial charge in [0.25, 0.3) is 11.6 Å². The number of anilines is 1. The smallest absolute Gasteiger partial charge is 0.278 e. The number of oxime groups is 1. The highest BCUT2D eigenvalue weighted by molar-refractivity contribution is 5.93. The van der Waals surface area contributed by atoms with Gasteiger partial charge in [0.2, 0.25) is 0 Å². The summed E-state index contributed by atoms with van der Waals surface area (Å²) < 4.78 is 5.56. The van der Waals surface area contributed by atoms with Crippen LogP contribution in [0.15, 0.2) is 53.7 Å². The van der Waals surface area contributed by atoms with Gasteiger partial charge in [-0.15, -0.1) is 0 Å². The molecule has 26 heavy (non-hydrogen) atoms. The van der Waals surface area contributed by atoms with Crippen LogP contribution in [0.1, 0.15) is 18.9 Å². The first kappa shape index (κ1) is 18.9. The molecule has 0 spiro atoms. The van der Waals surface area contributed by atoms with Gasteiger partial charge in [0.05, 0.1) is 29.0 Å². The Morgan fingerprint density at radius 1 is 1.23 bits per heavy atom. The quantitative estimate of drug-likeness (QED) is 0.421. The number of nitro benzene ring substituents is 1. The van der Waals surface area contributed by atoms with Crippen molar-refractivity contribution in [2.24, 2.45) is 5.16 Å². The van der Waals surface area contributed by atoms with Crippen LogP contribution in [0, 0.1) is 10.1 Å². The first-order valence-corrected chi connectivity index (χ1v) is 8.02. The van der Waals surface area contributed by atoms with Crippen molar-refractivity contribution in [3.63, 3.8) is 0 Å². The van der Waals surface area contributed by atoms with Crippen molar-refractivity contribution >= 4 is 23.5 Å². The fourth-order valence-electron chi connectivity index (χ4n) is 2.05. The van der Waals surface area contributed by atoms with Gasteiger partial charge in [0.1, 0.15) is 5.75 Å². The Morgan fingerprint density at radius 2 is 1.96 bits per heavy atom. The van der Waals surface area contributed by atoms with Crippen molar-refractivity contribution < 1.29 is 19.3 Å². The minimum absolute atomic E-state index is 0.0914. The molecule has 0 bridgehead atoms. The largest absolute Gasteiger partial charge is 0.491 e. The van der Waals surface area contributed by atoms with Crippen LogP contribution >= 0.6 is 0 Å². The number of benzene rings is 2. The first-order valence-electron chi connectivity index (χ1n) is 8.02. The number of nitro groups is 1. The summed E-state index contributed by atoms with van der Waals surface area (Å²) in [5, 5.41) is 17.2. The van der Waals surface area contributed by atoms with E-state index < -0.39 is 10.8 Å². The van der Waals surface area contributed by atoms with Crippen LogP contribution < -0.4 is 10.1 Å². The Hall–Kier alpha value is -3.42. The number of hydrogen-bond donors (Lipinski definition) is 1. The van der Waals surface area contributed by atoms with Gasteiger partial charge in [-0.2, -0.15) is 0 Å².